The van der Waals surface area contributed by atoms with Crippen molar-refractivity contribution in [3.05, 3.63) is 53.3 Å². The molecule has 1 heterocycles. The van der Waals surface area contributed by atoms with E-state index in [1.807, 2.05) is 0 Å². The minimum atomic E-state index is -3.73. The monoisotopic (exact) mass is 377 g/mol. The quantitative estimate of drug-likeness (QED) is 0.832. The third kappa shape index (κ3) is 2.80. The van der Waals surface area contributed by atoms with Crippen molar-refractivity contribution in [3.63, 3.8) is 0 Å². The average Bonchev–Trinajstić information content (AvgIpc) is 2.76. The standard InChI is InChI=1S/C17H16FN3O4S/c1-10(22)11-4-6-12(7-5-11)17(23)19-14-9-16-15(8-13(14)18)20(2)26(24,25)21(16)3/h4-9H,1-3H3,(H,19,23). The second-order valence-electron chi connectivity index (χ2n) is 5.85. The zero-order valence-corrected chi connectivity index (χ0v) is 15.1. The van der Waals surface area contributed by atoms with Gasteiger partial charge in [0.1, 0.15) is 5.82 Å². The van der Waals surface area contributed by atoms with E-state index in [4.69, 9.17) is 0 Å². The number of fused-ring (bicyclic) bond motifs is 1. The molecule has 0 aliphatic carbocycles. The number of amides is 1. The molecule has 2 aromatic rings. The Balaban J connectivity index is 1.91. The molecular weight excluding hydrogens is 361 g/mol. The minimum absolute atomic E-state index is 0.130. The number of carbonyl (C=O) groups excluding carboxylic acids is 2. The third-order valence-corrected chi connectivity index (χ3v) is 6.01. The topological polar surface area (TPSA) is 86.8 Å². The molecule has 7 nitrogen and oxygen atoms in total. The van der Waals surface area contributed by atoms with Crippen LogP contribution >= 0.6 is 0 Å². The fraction of sp³-hybridized carbons (Fsp3) is 0.176. The Hall–Kier alpha value is -2.94. The Morgan fingerprint density at radius 2 is 1.46 bits per heavy atom. The van der Waals surface area contributed by atoms with Crippen LogP contribution in [0.5, 0.6) is 0 Å². The average molecular weight is 377 g/mol. The molecule has 1 N–H and O–H groups in total. The number of hydrogen-bond donors (Lipinski definition) is 1. The van der Waals surface area contributed by atoms with Crippen LogP contribution in [-0.4, -0.2) is 34.2 Å². The zero-order valence-electron chi connectivity index (χ0n) is 14.3. The first kappa shape index (κ1) is 17.9. The van der Waals surface area contributed by atoms with Gasteiger partial charge in [-0.3, -0.25) is 18.2 Å². The maximum absolute atomic E-state index is 14.3. The Kier molecular flexibility index (Phi) is 4.19. The van der Waals surface area contributed by atoms with Gasteiger partial charge in [0.15, 0.2) is 5.78 Å². The molecule has 0 fully saturated rings. The number of anilines is 3. The van der Waals surface area contributed by atoms with Gasteiger partial charge in [0, 0.05) is 31.3 Å². The molecule has 26 heavy (non-hydrogen) atoms. The highest BCUT2D eigenvalue weighted by molar-refractivity contribution is 7.94. The van der Waals surface area contributed by atoms with Crippen LogP contribution in [0.2, 0.25) is 0 Å². The van der Waals surface area contributed by atoms with Crippen LogP contribution in [0.25, 0.3) is 0 Å². The van der Waals surface area contributed by atoms with Gasteiger partial charge in [0.05, 0.1) is 17.1 Å². The maximum atomic E-state index is 14.3. The molecule has 0 spiro atoms. The molecule has 0 saturated carbocycles. The second-order valence-corrected chi connectivity index (χ2v) is 7.84. The summed E-state index contributed by atoms with van der Waals surface area (Å²) in [6, 6.07) is 8.26. The van der Waals surface area contributed by atoms with Gasteiger partial charge >= 0.3 is 10.2 Å². The predicted molar refractivity (Wildman–Crippen MR) is 96.5 cm³/mol. The number of benzene rings is 2. The summed E-state index contributed by atoms with van der Waals surface area (Å²) in [5, 5.41) is 2.43. The first-order valence-electron chi connectivity index (χ1n) is 7.61. The number of ketones is 1. The molecule has 136 valence electrons. The van der Waals surface area contributed by atoms with Crippen molar-refractivity contribution < 1.29 is 22.4 Å². The molecule has 1 aliphatic heterocycles. The first-order chi connectivity index (χ1) is 12.1. The predicted octanol–water partition coefficient (Wildman–Crippen LogP) is 2.41. The van der Waals surface area contributed by atoms with E-state index < -0.39 is 21.9 Å². The largest absolute Gasteiger partial charge is 0.326 e. The molecule has 0 saturated heterocycles. The van der Waals surface area contributed by atoms with Crippen molar-refractivity contribution in [2.75, 3.05) is 28.0 Å². The van der Waals surface area contributed by atoms with Crippen LogP contribution in [0.4, 0.5) is 21.5 Å². The van der Waals surface area contributed by atoms with Gasteiger partial charge in [-0.2, -0.15) is 8.42 Å². The van der Waals surface area contributed by atoms with Gasteiger partial charge in [0.2, 0.25) is 0 Å². The molecule has 0 bridgehead atoms. The summed E-state index contributed by atoms with van der Waals surface area (Å²) in [5.74, 6) is -1.46. The maximum Gasteiger partial charge on any atom is 0.326 e. The lowest BCUT2D eigenvalue weighted by Crippen LogP contribution is -2.32. The van der Waals surface area contributed by atoms with Crippen LogP contribution < -0.4 is 13.9 Å². The van der Waals surface area contributed by atoms with E-state index >= 15 is 0 Å². The lowest BCUT2D eigenvalue weighted by Gasteiger charge is -2.13. The summed E-state index contributed by atoms with van der Waals surface area (Å²) in [5.41, 5.74) is 1.01. The van der Waals surface area contributed by atoms with Crippen molar-refractivity contribution in [2.45, 2.75) is 6.92 Å². The smallest absolute Gasteiger partial charge is 0.319 e. The Bertz CT molecular complexity index is 1020. The first-order valence-corrected chi connectivity index (χ1v) is 9.01. The number of nitrogens with zero attached hydrogens (tertiary/aromatic N) is 2. The molecular formula is C17H16FN3O4S. The molecule has 1 aliphatic rings. The molecule has 0 atom stereocenters. The second kappa shape index (κ2) is 6.10. The van der Waals surface area contributed by atoms with Gasteiger partial charge in [-0.1, -0.05) is 12.1 Å². The van der Waals surface area contributed by atoms with Crippen LogP contribution in [0, 0.1) is 5.82 Å². The number of hydrogen-bond acceptors (Lipinski definition) is 4. The highest BCUT2D eigenvalue weighted by atomic mass is 32.2. The van der Waals surface area contributed by atoms with E-state index in [1.54, 1.807) is 0 Å². The fourth-order valence-electron chi connectivity index (χ4n) is 2.63. The summed E-state index contributed by atoms with van der Waals surface area (Å²) in [6.07, 6.45) is 0. The Labute approximate surface area is 150 Å². The summed E-state index contributed by atoms with van der Waals surface area (Å²) < 4.78 is 40.6. The van der Waals surface area contributed by atoms with Crippen molar-refractivity contribution in [1.82, 2.24) is 0 Å². The molecule has 2 aromatic carbocycles. The Morgan fingerprint density at radius 3 is 2.00 bits per heavy atom. The highest BCUT2D eigenvalue weighted by Gasteiger charge is 2.36. The van der Waals surface area contributed by atoms with E-state index in [-0.39, 0.29) is 28.4 Å². The van der Waals surface area contributed by atoms with Crippen LogP contribution in [0.15, 0.2) is 36.4 Å². The number of Topliss-reactive ketones (excluding diaryl/α,β-unsaturated/α-hetero) is 1. The summed E-state index contributed by atoms with van der Waals surface area (Å²) in [7, 11) is -1.06. The minimum Gasteiger partial charge on any atom is -0.319 e. The molecule has 1 amide bonds. The summed E-state index contributed by atoms with van der Waals surface area (Å²) in [4.78, 5) is 23.6. The molecule has 0 radical (unpaired) electrons. The van der Waals surface area contributed by atoms with Gasteiger partial charge in [-0.05, 0) is 25.1 Å². The van der Waals surface area contributed by atoms with Gasteiger partial charge in [-0.25, -0.2) is 4.39 Å². The molecule has 0 aromatic heterocycles. The number of halogens is 1. The highest BCUT2D eigenvalue weighted by Crippen LogP contribution is 2.41. The number of nitrogens with one attached hydrogen (secondary N) is 1. The van der Waals surface area contributed by atoms with E-state index in [2.05, 4.69) is 5.32 Å². The van der Waals surface area contributed by atoms with E-state index in [0.717, 1.165) is 14.7 Å². The lowest BCUT2D eigenvalue weighted by molar-refractivity contribution is 0.100. The van der Waals surface area contributed by atoms with Gasteiger partial charge in [-0.15, -0.1) is 0 Å². The van der Waals surface area contributed by atoms with Crippen molar-refractivity contribution in [3.8, 4) is 0 Å². The van der Waals surface area contributed by atoms with Crippen molar-refractivity contribution in [1.29, 1.82) is 0 Å². The molecule has 3 rings (SSSR count). The van der Waals surface area contributed by atoms with E-state index in [1.165, 1.54) is 51.4 Å². The van der Waals surface area contributed by atoms with E-state index in [9.17, 15) is 22.4 Å². The third-order valence-electron chi connectivity index (χ3n) is 4.24. The SMILES string of the molecule is CC(=O)c1ccc(C(=O)Nc2cc3c(cc2F)N(C)S(=O)(=O)N3C)cc1. The normalized spacial score (nSPS) is 14.9. The van der Waals surface area contributed by atoms with Crippen molar-refractivity contribution in [2.24, 2.45) is 0 Å². The van der Waals surface area contributed by atoms with Crippen LogP contribution in [0.3, 0.4) is 0 Å². The van der Waals surface area contributed by atoms with Gasteiger partial charge < -0.3 is 5.32 Å². The number of carbonyl (C=O) groups is 2. The summed E-state index contributed by atoms with van der Waals surface area (Å²) >= 11 is 0. The van der Waals surface area contributed by atoms with Crippen molar-refractivity contribution >= 4 is 39.0 Å². The molecule has 9 heteroatoms. The van der Waals surface area contributed by atoms with Gasteiger partial charge in [0.25, 0.3) is 5.91 Å². The molecule has 0 unspecified atom stereocenters. The van der Waals surface area contributed by atoms with Crippen LogP contribution in [-0.2, 0) is 10.2 Å². The Morgan fingerprint density at radius 1 is 0.962 bits per heavy atom. The fourth-order valence-corrected chi connectivity index (χ4v) is 3.79. The zero-order chi connectivity index (χ0) is 19.2. The summed E-state index contributed by atoms with van der Waals surface area (Å²) in [6.45, 7) is 1.41. The van der Waals surface area contributed by atoms with Crippen LogP contribution in [0.1, 0.15) is 27.6 Å². The van der Waals surface area contributed by atoms with E-state index in [0.29, 0.717) is 5.56 Å². The number of rotatable bonds is 3. The lowest BCUT2D eigenvalue weighted by atomic mass is 10.1.